The molecule has 2 N–H and O–H groups in total. The maximum atomic E-state index is 13.3. The van der Waals surface area contributed by atoms with Gasteiger partial charge in [0.2, 0.25) is 0 Å². The highest BCUT2D eigenvalue weighted by Gasteiger charge is 2.14. The fraction of sp³-hybridized carbons (Fsp3) is 0.167. The van der Waals surface area contributed by atoms with Crippen LogP contribution in [-0.2, 0) is 6.42 Å². The van der Waals surface area contributed by atoms with Crippen LogP contribution < -0.4 is 5.32 Å². The van der Waals surface area contributed by atoms with E-state index in [1.54, 1.807) is 18.2 Å². The summed E-state index contributed by atoms with van der Waals surface area (Å²) in [5.74, 6) is -0.859. The molecule has 3 aromatic rings. The third kappa shape index (κ3) is 3.23. The summed E-state index contributed by atoms with van der Waals surface area (Å²) >= 11 is 0. The Hall–Kier alpha value is -2.69. The molecule has 3 rings (SSSR count). The van der Waals surface area contributed by atoms with Gasteiger partial charge in [0, 0.05) is 17.4 Å². The van der Waals surface area contributed by atoms with E-state index in [-0.39, 0.29) is 17.5 Å². The largest absolute Gasteiger partial charge is 0.350 e. The molecule has 0 radical (unpaired) electrons. The number of nitrogens with one attached hydrogen (secondary N) is 2. The van der Waals surface area contributed by atoms with Gasteiger partial charge in [-0.1, -0.05) is 12.1 Å². The van der Waals surface area contributed by atoms with Crippen LogP contribution in [0.1, 0.15) is 21.6 Å². The van der Waals surface area contributed by atoms with Crippen LogP contribution in [0.15, 0.2) is 42.5 Å². The first kappa shape index (κ1) is 15.2. The predicted octanol–water partition coefficient (Wildman–Crippen LogP) is 3.73. The minimum atomic E-state index is -0.345. The first-order valence-electron chi connectivity index (χ1n) is 7.35. The van der Waals surface area contributed by atoms with Gasteiger partial charge < -0.3 is 10.3 Å². The third-order valence-corrected chi connectivity index (χ3v) is 3.86. The van der Waals surface area contributed by atoms with Gasteiger partial charge in [-0.3, -0.25) is 4.79 Å². The second kappa shape index (κ2) is 6.20. The lowest BCUT2D eigenvalue weighted by Crippen LogP contribution is -2.26. The first-order valence-corrected chi connectivity index (χ1v) is 7.35. The molecule has 0 fully saturated rings. The van der Waals surface area contributed by atoms with Gasteiger partial charge in [0.25, 0.3) is 5.91 Å². The normalized spacial score (nSPS) is 10.9. The summed E-state index contributed by atoms with van der Waals surface area (Å²) in [6, 6.07) is 10.6. The first-order chi connectivity index (χ1) is 11.0. The smallest absolute Gasteiger partial charge is 0.268 e. The lowest BCUT2D eigenvalue weighted by Gasteiger charge is -2.05. The Morgan fingerprint density at radius 1 is 1.09 bits per heavy atom. The highest BCUT2D eigenvalue weighted by molar-refractivity contribution is 6.00. The Labute approximate surface area is 132 Å². The molecule has 0 atom stereocenters. The average Bonchev–Trinajstić information content (AvgIpc) is 2.85. The Bertz CT molecular complexity index is 853. The summed E-state index contributed by atoms with van der Waals surface area (Å²) in [6.45, 7) is 2.26. The number of carbonyl (C=O) groups excluding carboxylic acids is 1. The molecule has 1 amide bonds. The quantitative estimate of drug-likeness (QED) is 0.757. The number of amides is 1. The number of hydrogen-bond donors (Lipinski definition) is 2. The van der Waals surface area contributed by atoms with E-state index >= 15 is 0 Å². The number of rotatable bonds is 4. The van der Waals surface area contributed by atoms with Crippen LogP contribution in [0.5, 0.6) is 0 Å². The molecule has 1 heterocycles. The molecule has 2 aromatic carbocycles. The Kier molecular flexibility index (Phi) is 4.10. The summed E-state index contributed by atoms with van der Waals surface area (Å²) in [6.07, 6.45) is 0.611. The predicted molar refractivity (Wildman–Crippen MR) is 85.4 cm³/mol. The van der Waals surface area contributed by atoms with E-state index in [9.17, 15) is 13.6 Å². The minimum Gasteiger partial charge on any atom is -0.350 e. The summed E-state index contributed by atoms with van der Waals surface area (Å²) in [4.78, 5) is 15.2. The molecule has 0 spiro atoms. The Morgan fingerprint density at radius 3 is 2.52 bits per heavy atom. The van der Waals surface area contributed by atoms with Crippen molar-refractivity contribution in [2.75, 3.05) is 6.54 Å². The van der Waals surface area contributed by atoms with Gasteiger partial charge >= 0.3 is 0 Å². The van der Waals surface area contributed by atoms with Crippen LogP contribution in [0.2, 0.25) is 0 Å². The van der Waals surface area contributed by atoms with Crippen LogP contribution in [0, 0.1) is 18.6 Å². The fourth-order valence-electron chi connectivity index (χ4n) is 2.60. The molecule has 1 aromatic heterocycles. The lowest BCUT2D eigenvalue weighted by atomic mass is 10.1. The van der Waals surface area contributed by atoms with Crippen LogP contribution in [0.4, 0.5) is 8.78 Å². The summed E-state index contributed by atoms with van der Waals surface area (Å²) in [5, 5.41) is 3.65. The van der Waals surface area contributed by atoms with Gasteiger partial charge in [0.05, 0.1) is 0 Å². The van der Waals surface area contributed by atoms with E-state index in [1.807, 2.05) is 6.92 Å². The second-order valence-corrected chi connectivity index (χ2v) is 5.45. The van der Waals surface area contributed by atoms with Gasteiger partial charge in [-0.15, -0.1) is 0 Å². The van der Waals surface area contributed by atoms with Crippen molar-refractivity contribution >= 4 is 16.8 Å². The molecule has 118 valence electrons. The molecule has 0 saturated heterocycles. The van der Waals surface area contributed by atoms with E-state index in [0.29, 0.717) is 24.2 Å². The highest BCUT2D eigenvalue weighted by atomic mass is 19.1. The monoisotopic (exact) mass is 314 g/mol. The molecule has 23 heavy (non-hydrogen) atoms. The molecular weight excluding hydrogens is 298 g/mol. The number of halogens is 2. The standard InChI is InChI=1S/C18H16F2N2O/c1-11-15-7-6-14(20)10-16(15)22-17(11)18(23)21-9-8-12-2-4-13(19)5-3-12/h2-7,10,22H,8-9H2,1H3,(H,21,23). The van der Waals surface area contributed by atoms with Crippen molar-refractivity contribution in [2.45, 2.75) is 13.3 Å². The summed E-state index contributed by atoms with van der Waals surface area (Å²) in [5.41, 5.74) is 2.78. The van der Waals surface area contributed by atoms with Gasteiger partial charge in [-0.2, -0.15) is 0 Å². The summed E-state index contributed by atoms with van der Waals surface area (Å²) in [7, 11) is 0. The van der Waals surface area contributed by atoms with E-state index in [2.05, 4.69) is 10.3 Å². The molecule has 5 heteroatoms. The Morgan fingerprint density at radius 2 is 1.78 bits per heavy atom. The number of benzene rings is 2. The molecule has 0 aliphatic rings. The number of aromatic amines is 1. The molecule has 3 nitrogen and oxygen atoms in total. The van der Waals surface area contributed by atoms with Gasteiger partial charge in [-0.05, 0) is 54.8 Å². The number of carbonyl (C=O) groups is 1. The maximum Gasteiger partial charge on any atom is 0.268 e. The van der Waals surface area contributed by atoms with Crippen LogP contribution in [0.25, 0.3) is 10.9 Å². The van der Waals surface area contributed by atoms with Crippen LogP contribution >= 0.6 is 0 Å². The molecular formula is C18H16F2N2O. The van der Waals surface area contributed by atoms with E-state index in [0.717, 1.165) is 16.5 Å². The van der Waals surface area contributed by atoms with Crippen LogP contribution in [0.3, 0.4) is 0 Å². The van der Waals surface area contributed by atoms with Gasteiger partial charge in [0.15, 0.2) is 0 Å². The van der Waals surface area contributed by atoms with Crippen molar-refractivity contribution in [3.05, 3.63) is 70.9 Å². The summed E-state index contributed by atoms with van der Waals surface area (Å²) < 4.78 is 26.1. The molecule has 0 aliphatic heterocycles. The fourth-order valence-corrected chi connectivity index (χ4v) is 2.60. The number of H-pyrrole nitrogens is 1. The number of aromatic nitrogens is 1. The average molecular weight is 314 g/mol. The zero-order valence-electron chi connectivity index (χ0n) is 12.6. The van der Waals surface area contributed by atoms with Crippen LogP contribution in [-0.4, -0.2) is 17.4 Å². The van der Waals surface area contributed by atoms with Crippen molar-refractivity contribution < 1.29 is 13.6 Å². The van der Waals surface area contributed by atoms with E-state index in [4.69, 9.17) is 0 Å². The van der Waals surface area contributed by atoms with E-state index < -0.39 is 0 Å². The maximum absolute atomic E-state index is 13.3. The zero-order chi connectivity index (χ0) is 16.4. The van der Waals surface area contributed by atoms with Crippen molar-refractivity contribution in [3.63, 3.8) is 0 Å². The minimum absolute atomic E-state index is 0.235. The van der Waals surface area contributed by atoms with Crippen molar-refractivity contribution in [2.24, 2.45) is 0 Å². The van der Waals surface area contributed by atoms with Crippen molar-refractivity contribution in [1.82, 2.24) is 10.3 Å². The van der Waals surface area contributed by atoms with Gasteiger partial charge in [0.1, 0.15) is 17.3 Å². The SMILES string of the molecule is Cc1c(C(=O)NCCc2ccc(F)cc2)[nH]c2cc(F)ccc12. The van der Waals surface area contributed by atoms with Crippen molar-refractivity contribution in [1.29, 1.82) is 0 Å². The lowest BCUT2D eigenvalue weighted by molar-refractivity contribution is 0.0949. The second-order valence-electron chi connectivity index (χ2n) is 5.45. The molecule has 0 bridgehead atoms. The Balaban J connectivity index is 1.68. The third-order valence-electron chi connectivity index (χ3n) is 3.86. The van der Waals surface area contributed by atoms with Gasteiger partial charge in [-0.25, -0.2) is 8.78 Å². The molecule has 0 aliphatic carbocycles. The molecule has 0 saturated carbocycles. The van der Waals surface area contributed by atoms with E-state index in [1.165, 1.54) is 24.3 Å². The number of hydrogen-bond acceptors (Lipinski definition) is 1. The number of fused-ring (bicyclic) bond motifs is 1. The number of aryl methyl sites for hydroxylation is 1. The van der Waals surface area contributed by atoms with Crippen molar-refractivity contribution in [3.8, 4) is 0 Å². The topological polar surface area (TPSA) is 44.9 Å². The highest BCUT2D eigenvalue weighted by Crippen LogP contribution is 2.22. The zero-order valence-corrected chi connectivity index (χ0v) is 12.6. The molecule has 0 unspecified atom stereocenters.